The van der Waals surface area contributed by atoms with Gasteiger partial charge in [0.05, 0.1) is 12.9 Å². The van der Waals surface area contributed by atoms with E-state index in [2.05, 4.69) is 6.58 Å². The van der Waals surface area contributed by atoms with Gasteiger partial charge in [-0.25, -0.2) is 0 Å². The zero-order valence-electron chi connectivity index (χ0n) is 6.95. The molecule has 0 fully saturated rings. The minimum Gasteiger partial charge on any atom is -0.467 e. The Bertz CT molecular complexity index is 242. The number of hydrogen-bond acceptors (Lipinski definition) is 3. The van der Waals surface area contributed by atoms with Gasteiger partial charge in [0.2, 0.25) is 0 Å². The van der Waals surface area contributed by atoms with Crippen LogP contribution in [0.4, 0.5) is 0 Å². The minimum absolute atomic E-state index is 0.464. The van der Waals surface area contributed by atoms with Crippen molar-refractivity contribution in [2.45, 2.75) is 13.2 Å². The van der Waals surface area contributed by atoms with Crippen LogP contribution < -0.4 is 5.73 Å². The molecule has 3 nitrogen and oxygen atoms in total. The molecule has 1 rings (SSSR count). The van der Waals surface area contributed by atoms with E-state index < -0.39 is 0 Å². The summed E-state index contributed by atoms with van der Waals surface area (Å²) in [4.78, 5) is 0. The fraction of sp³-hybridized carbons (Fsp3) is 0.333. The quantitative estimate of drug-likeness (QED) is 0.533. The van der Waals surface area contributed by atoms with Gasteiger partial charge in [-0.2, -0.15) is 0 Å². The molecule has 0 bridgehead atoms. The van der Waals surface area contributed by atoms with Gasteiger partial charge in [-0.15, -0.1) is 6.58 Å². The summed E-state index contributed by atoms with van der Waals surface area (Å²) in [6.45, 7) is 5.03. The summed E-state index contributed by atoms with van der Waals surface area (Å²) in [7, 11) is 0. The second kappa shape index (κ2) is 4.74. The standard InChI is InChI=1S/C9H13NO2/c1-2-4-11-7-9-8(6-10)3-5-12-9/h2-3,5H,1,4,6-7,10H2. The smallest absolute Gasteiger partial charge is 0.133 e. The Morgan fingerprint density at radius 1 is 1.67 bits per heavy atom. The highest BCUT2D eigenvalue weighted by Gasteiger charge is 2.03. The average molecular weight is 167 g/mol. The molecule has 0 amide bonds. The summed E-state index contributed by atoms with van der Waals surface area (Å²) in [6, 6.07) is 1.85. The Morgan fingerprint density at radius 3 is 3.17 bits per heavy atom. The lowest BCUT2D eigenvalue weighted by Gasteiger charge is -1.99. The molecule has 3 heteroatoms. The van der Waals surface area contributed by atoms with E-state index in [1.54, 1.807) is 12.3 Å². The lowest BCUT2D eigenvalue weighted by atomic mass is 10.2. The van der Waals surface area contributed by atoms with E-state index in [-0.39, 0.29) is 0 Å². The number of hydrogen-bond donors (Lipinski definition) is 1. The van der Waals surface area contributed by atoms with Crippen LogP contribution in [-0.4, -0.2) is 6.61 Å². The van der Waals surface area contributed by atoms with Crippen molar-refractivity contribution in [2.24, 2.45) is 5.73 Å². The van der Waals surface area contributed by atoms with Crippen LogP contribution in [0.5, 0.6) is 0 Å². The molecule has 1 heterocycles. The molecule has 0 aromatic carbocycles. The van der Waals surface area contributed by atoms with E-state index in [0.29, 0.717) is 19.8 Å². The van der Waals surface area contributed by atoms with Crippen molar-refractivity contribution in [3.05, 3.63) is 36.3 Å². The van der Waals surface area contributed by atoms with Gasteiger partial charge < -0.3 is 14.9 Å². The molecular weight excluding hydrogens is 154 g/mol. The van der Waals surface area contributed by atoms with Crippen molar-refractivity contribution >= 4 is 0 Å². The maximum Gasteiger partial charge on any atom is 0.133 e. The van der Waals surface area contributed by atoms with Crippen LogP contribution in [-0.2, 0) is 17.9 Å². The maximum atomic E-state index is 5.46. The Labute approximate surface area is 71.8 Å². The molecule has 0 atom stereocenters. The molecule has 2 N–H and O–H groups in total. The van der Waals surface area contributed by atoms with Crippen LogP contribution >= 0.6 is 0 Å². The van der Waals surface area contributed by atoms with Gasteiger partial charge in [-0.05, 0) is 6.07 Å². The van der Waals surface area contributed by atoms with Crippen LogP contribution in [0.25, 0.3) is 0 Å². The van der Waals surface area contributed by atoms with Crippen molar-refractivity contribution in [3.63, 3.8) is 0 Å². The summed E-state index contributed by atoms with van der Waals surface area (Å²) in [6.07, 6.45) is 3.32. The first-order chi connectivity index (χ1) is 5.88. The third kappa shape index (κ3) is 2.22. The Hall–Kier alpha value is -1.06. The fourth-order valence-electron chi connectivity index (χ4n) is 0.910. The van der Waals surface area contributed by atoms with Crippen LogP contribution in [0.1, 0.15) is 11.3 Å². The topological polar surface area (TPSA) is 48.4 Å². The first-order valence-corrected chi connectivity index (χ1v) is 3.82. The molecule has 66 valence electrons. The van der Waals surface area contributed by atoms with Gasteiger partial charge in [0.1, 0.15) is 12.4 Å². The largest absolute Gasteiger partial charge is 0.467 e. The van der Waals surface area contributed by atoms with Crippen LogP contribution in [0.2, 0.25) is 0 Å². The first-order valence-electron chi connectivity index (χ1n) is 3.82. The Balaban J connectivity index is 2.44. The highest BCUT2D eigenvalue weighted by molar-refractivity contribution is 5.15. The molecule has 0 saturated carbocycles. The molecular formula is C9H13NO2. The van der Waals surface area contributed by atoms with Gasteiger partial charge in [0.25, 0.3) is 0 Å². The molecule has 1 aromatic rings. The van der Waals surface area contributed by atoms with Crippen LogP contribution in [0.3, 0.4) is 0 Å². The highest BCUT2D eigenvalue weighted by atomic mass is 16.5. The Morgan fingerprint density at radius 2 is 2.50 bits per heavy atom. The van der Waals surface area contributed by atoms with Gasteiger partial charge in [-0.3, -0.25) is 0 Å². The molecule has 0 spiro atoms. The molecule has 0 radical (unpaired) electrons. The normalized spacial score (nSPS) is 10.1. The number of rotatable bonds is 5. The highest BCUT2D eigenvalue weighted by Crippen LogP contribution is 2.10. The predicted molar refractivity (Wildman–Crippen MR) is 46.5 cm³/mol. The average Bonchev–Trinajstić information content (AvgIpc) is 2.52. The number of ether oxygens (including phenoxy) is 1. The Kier molecular flexibility index (Phi) is 3.57. The van der Waals surface area contributed by atoms with Crippen molar-refractivity contribution in [3.8, 4) is 0 Å². The zero-order valence-corrected chi connectivity index (χ0v) is 6.95. The van der Waals surface area contributed by atoms with E-state index in [0.717, 1.165) is 11.3 Å². The van der Waals surface area contributed by atoms with Crippen molar-refractivity contribution < 1.29 is 9.15 Å². The third-order valence-electron chi connectivity index (χ3n) is 1.53. The molecule has 12 heavy (non-hydrogen) atoms. The first kappa shape index (κ1) is 9.03. The second-order valence-electron chi connectivity index (χ2n) is 2.38. The zero-order chi connectivity index (χ0) is 8.81. The molecule has 0 aliphatic carbocycles. The SMILES string of the molecule is C=CCOCc1occc1CN. The molecule has 0 unspecified atom stereocenters. The maximum absolute atomic E-state index is 5.46. The van der Waals surface area contributed by atoms with Crippen LogP contribution in [0, 0.1) is 0 Å². The monoisotopic (exact) mass is 167 g/mol. The number of nitrogens with two attached hydrogens (primary N) is 1. The third-order valence-corrected chi connectivity index (χ3v) is 1.53. The van der Waals surface area contributed by atoms with E-state index in [9.17, 15) is 0 Å². The summed E-state index contributed by atoms with van der Waals surface area (Å²) in [5.74, 6) is 0.805. The molecule has 0 aliphatic rings. The van der Waals surface area contributed by atoms with Gasteiger partial charge >= 0.3 is 0 Å². The second-order valence-corrected chi connectivity index (χ2v) is 2.38. The van der Waals surface area contributed by atoms with Crippen molar-refractivity contribution in [1.29, 1.82) is 0 Å². The lowest BCUT2D eigenvalue weighted by molar-refractivity contribution is 0.131. The van der Waals surface area contributed by atoms with E-state index in [1.165, 1.54) is 0 Å². The summed E-state index contributed by atoms with van der Waals surface area (Å²) in [5.41, 5.74) is 6.46. The summed E-state index contributed by atoms with van der Waals surface area (Å²) < 4.78 is 10.4. The van der Waals surface area contributed by atoms with Gasteiger partial charge in [-0.1, -0.05) is 6.08 Å². The summed E-state index contributed by atoms with van der Waals surface area (Å²) in [5, 5.41) is 0. The van der Waals surface area contributed by atoms with E-state index in [4.69, 9.17) is 14.9 Å². The summed E-state index contributed by atoms with van der Waals surface area (Å²) >= 11 is 0. The predicted octanol–water partition coefficient (Wildman–Crippen LogP) is 1.44. The minimum atomic E-state index is 0.464. The molecule has 1 aromatic heterocycles. The fourth-order valence-corrected chi connectivity index (χ4v) is 0.910. The number of furan rings is 1. The van der Waals surface area contributed by atoms with E-state index in [1.807, 2.05) is 6.07 Å². The van der Waals surface area contributed by atoms with Crippen molar-refractivity contribution in [1.82, 2.24) is 0 Å². The molecule has 0 aliphatic heterocycles. The van der Waals surface area contributed by atoms with Crippen molar-refractivity contribution in [2.75, 3.05) is 6.61 Å². The van der Waals surface area contributed by atoms with Crippen LogP contribution in [0.15, 0.2) is 29.4 Å². The lowest BCUT2D eigenvalue weighted by Crippen LogP contribution is -2.00. The van der Waals surface area contributed by atoms with E-state index >= 15 is 0 Å². The van der Waals surface area contributed by atoms with Gasteiger partial charge in [0.15, 0.2) is 0 Å². The molecule has 0 saturated heterocycles. The van der Waals surface area contributed by atoms with Gasteiger partial charge in [0, 0.05) is 12.1 Å².